The molecule has 3 rings (SSSR count). The predicted octanol–water partition coefficient (Wildman–Crippen LogP) is 4.82. The fraction of sp³-hybridized carbons (Fsp3) is 0.200. The van der Waals surface area contributed by atoms with E-state index in [4.69, 9.17) is 0 Å². The van der Waals surface area contributed by atoms with Crippen molar-refractivity contribution in [3.05, 3.63) is 76.4 Å². The van der Waals surface area contributed by atoms with Gasteiger partial charge in [-0.2, -0.15) is 0 Å². The van der Waals surface area contributed by atoms with E-state index in [2.05, 4.69) is 26.0 Å². The summed E-state index contributed by atoms with van der Waals surface area (Å²) in [5.74, 6) is 0.409. The topological polar surface area (TPSA) is 49.3 Å². The Balaban J connectivity index is 0.00000261. The molecule has 7 heteroatoms. The molecule has 2 N–H and O–H groups in total. The first-order valence-electron chi connectivity index (χ1n) is 8.51. The van der Waals surface area contributed by atoms with Gasteiger partial charge in [-0.25, -0.2) is 14.4 Å². The second-order valence-electron chi connectivity index (χ2n) is 5.63. The van der Waals surface area contributed by atoms with Crippen LogP contribution in [-0.4, -0.2) is 17.5 Å². The maximum atomic E-state index is 13.7. The molecule has 0 atom stereocenters. The van der Waals surface area contributed by atoms with Crippen molar-refractivity contribution in [1.29, 1.82) is 0 Å². The minimum absolute atomic E-state index is 0. The molecule has 2 aromatic carbocycles. The van der Waals surface area contributed by atoms with Gasteiger partial charge < -0.3 is 10.6 Å². The van der Waals surface area contributed by atoms with Crippen molar-refractivity contribution in [1.82, 2.24) is 15.6 Å². The fourth-order valence-electron chi connectivity index (χ4n) is 2.43. The Morgan fingerprint density at radius 2 is 1.81 bits per heavy atom. The Morgan fingerprint density at radius 1 is 1.07 bits per heavy atom. The summed E-state index contributed by atoms with van der Waals surface area (Å²) < 4.78 is 13.7. The van der Waals surface area contributed by atoms with Gasteiger partial charge in [0, 0.05) is 23.1 Å². The highest BCUT2D eigenvalue weighted by molar-refractivity contribution is 14.0. The fourth-order valence-corrected chi connectivity index (χ4v) is 3.17. The molecule has 0 fully saturated rings. The summed E-state index contributed by atoms with van der Waals surface area (Å²) in [6.45, 7) is 3.59. The van der Waals surface area contributed by atoms with E-state index in [0.29, 0.717) is 18.1 Å². The number of aromatic nitrogens is 1. The zero-order chi connectivity index (χ0) is 18.2. The lowest BCUT2D eigenvalue weighted by Gasteiger charge is -2.10. The minimum Gasteiger partial charge on any atom is -0.357 e. The highest BCUT2D eigenvalue weighted by Crippen LogP contribution is 2.21. The smallest absolute Gasteiger partial charge is 0.191 e. The number of nitrogens with zero attached hydrogens (tertiary/aromatic N) is 2. The van der Waals surface area contributed by atoms with Crippen LogP contribution in [0, 0.1) is 5.82 Å². The van der Waals surface area contributed by atoms with Gasteiger partial charge in [0.15, 0.2) is 5.96 Å². The van der Waals surface area contributed by atoms with Crippen LogP contribution in [0.1, 0.15) is 17.5 Å². The maximum absolute atomic E-state index is 13.7. The molecule has 0 amide bonds. The first kappa shape index (κ1) is 21.3. The van der Waals surface area contributed by atoms with Crippen LogP contribution in [0.15, 0.2) is 65.0 Å². The van der Waals surface area contributed by atoms with E-state index in [1.807, 2.05) is 43.3 Å². The van der Waals surface area contributed by atoms with E-state index in [-0.39, 0.29) is 36.3 Å². The third kappa shape index (κ3) is 6.28. The van der Waals surface area contributed by atoms with Gasteiger partial charge in [0.2, 0.25) is 0 Å². The molecule has 0 unspecified atom stereocenters. The Kier molecular flexibility index (Phi) is 8.66. The first-order chi connectivity index (χ1) is 12.8. The van der Waals surface area contributed by atoms with E-state index in [1.165, 1.54) is 6.07 Å². The highest BCUT2D eigenvalue weighted by atomic mass is 127. The van der Waals surface area contributed by atoms with Crippen LogP contribution in [0.3, 0.4) is 0 Å². The van der Waals surface area contributed by atoms with Gasteiger partial charge in [0.25, 0.3) is 0 Å². The summed E-state index contributed by atoms with van der Waals surface area (Å²) in [6.07, 6.45) is 0. The quantitative estimate of drug-likeness (QED) is 0.292. The second-order valence-corrected chi connectivity index (χ2v) is 6.58. The summed E-state index contributed by atoms with van der Waals surface area (Å²) in [6, 6.07) is 16.8. The van der Waals surface area contributed by atoms with Crippen LogP contribution in [0.5, 0.6) is 0 Å². The van der Waals surface area contributed by atoms with Gasteiger partial charge >= 0.3 is 0 Å². The SMILES string of the molecule is CCNC(=NCc1ccccc1F)NCc1nc(-c2ccccc2)cs1.I. The summed E-state index contributed by atoms with van der Waals surface area (Å²) in [7, 11) is 0. The Bertz CT molecular complexity index is 867. The van der Waals surface area contributed by atoms with Crippen LogP contribution in [0.25, 0.3) is 11.3 Å². The lowest BCUT2D eigenvalue weighted by Crippen LogP contribution is -2.36. The van der Waals surface area contributed by atoms with Gasteiger partial charge in [-0.3, -0.25) is 0 Å². The van der Waals surface area contributed by atoms with Gasteiger partial charge in [-0.15, -0.1) is 35.3 Å². The molecule has 0 aliphatic rings. The second kappa shape index (κ2) is 11.0. The molecule has 27 heavy (non-hydrogen) atoms. The van der Waals surface area contributed by atoms with Crippen LogP contribution in [0.4, 0.5) is 4.39 Å². The van der Waals surface area contributed by atoms with E-state index in [9.17, 15) is 4.39 Å². The molecule has 3 aromatic rings. The van der Waals surface area contributed by atoms with Crippen molar-refractivity contribution in [3.8, 4) is 11.3 Å². The number of thiazole rings is 1. The monoisotopic (exact) mass is 496 g/mol. The van der Waals surface area contributed by atoms with E-state index >= 15 is 0 Å². The lowest BCUT2D eigenvalue weighted by molar-refractivity contribution is 0.610. The Morgan fingerprint density at radius 3 is 2.56 bits per heavy atom. The predicted molar refractivity (Wildman–Crippen MR) is 121 cm³/mol. The average molecular weight is 496 g/mol. The van der Waals surface area contributed by atoms with Gasteiger partial charge in [-0.05, 0) is 13.0 Å². The molecular formula is C20H22FIN4S. The normalized spacial score (nSPS) is 11.0. The molecule has 0 spiro atoms. The number of hydrogen-bond donors (Lipinski definition) is 2. The van der Waals surface area contributed by atoms with Crippen molar-refractivity contribution in [2.24, 2.45) is 4.99 Å². The molecule has 0 aliphatic heterocycles. The third-order valence-electron chi connectivity index (χ3n) is 3.74. The third-order valence-corrected chi connectivity index (χ3v) is 4.59. The van der Waals surface area contributed by atoms with Crippen LogP contribution in [0.2, 0.25) is 0 Å². The number of hydrogen-bond acceptors (Lipinski definition) is 3. The molecule has 0 aliphatic carbocycles. The standard InChI is InChI=1S/C20H21FN4S.HI/c1-2-22-20(23-12-16-10-6-7-11-17(16)21)24-13-19-25-18(14-26-19)15-8-4-3-5-9-15;/h3-11,14H,2,12-13H2,1H3,(H2,22,23,24);1H. The average Bonchev–Trinajstić information content (AvgIpc) is 3.15. The zero-order valence-electron chi connectivity index (χ0n) is 15.0. The zero-order valence-corrected chi connectivity index (χ0v) is 18.1. The summed E-state index contributed by atoms with van der Waals surface area (Å²) >= 11 is 1.60. The lowest BCUT2D eigenvalue weighted by atomic mass is 10.2. The van der Waals surface area contributed by atoms with Crippen molar-refractivity contribution < 1.29 is 4.39 Å². The largest absolute Gasteiger partial charge is 0.357 e. The molecule has 0 saturated carbocycles. The molecule has 1 heterocycles. The number of nitrogens with one attached hydrogen (secondary N) is 2. The van der Waals surface area contributed by atoms with Gasteiger partial charge in [0.05, 0.1) is 18.8 Å². The molecule has 0 saturated heterocycles. The summed E-state index contributed by atoms with van der Waals surface area (Å²) in [4.78, 5) is 9.11. The summed E-state index contributed by atoms with van der Waals surface area (Å²) in [5, 5.41) is 9.45. The van der Waals surface area contributed by atoms with Crippen molar-refractivity contribution in [2.45, 2.75) is 20.0 Å². The Labute approximate surface area is 180 Å². The number of guanidine groups is 1. The van der Waals surface area contributed by atoms with Crippen LogP contribution < -0.4 is 10.6 Å². The number of halogens is 2. The van der Waals surface area contributed by atoms with Crippen LogP contribution >= 0.6 is 35.3 Å². The molecule has 142 valence electrons. The number of rotatable bonds is 6. The van der Waals surface area contributed by atoms with Crippen molar-refractivity contribution >= 4 is 41.3 Å². The van der Waals surface area contributed by atoms with Crippen LogP contribution in [-0.2, 0) is 13.1 Å². The van der Waals surface area contributed by atoms with E-state index < -0.39 is 0 Å². The molecule has 0 radical (unpaired) electrons. The molecule has 4 nitrogen and oxygen atoms in total. The van der Waals surface area contributed by atoms with E-state index in [1.54, 1.807) is 23.5 Å². The highest BCUT2D eigenvalue weighted by Gasteiger charge is 2.06. The summed E-state index contributed by atoms with van der Waals surface area (Å²) in [5.41, 5.74) is 2.65. The maximum Gasteiger partial charge on any atom is 0.191 e. The number of aliphatic imine (C=N–C) groups is 1. The first-order valence-corrected chi connectivity index (χ1v) is 9.39. The van der Waals surface area contributed by atoms with E-state index in [0.717, 1.165) is 22.8 Å². The molecule has 0 bridgehead atoms. The van der Waals surface area contributed by atoms with Crippen molar-refractivity contribution in [2.75, 3.05) is 6.54 Å². The van der Waals surface area contributed by atoms with Gasteiger partial charge in [0.1, 0.15) is 10.8 Å². The molecule has 1 aromatic heterocycles. The minimum atomic E-state index is -0.237. The Hall–Kier alpha value is -2.00. The van der Waals surface area contributed by atoms with Gasteiger partial charge in [-0.1, -0.05) is 48.5 Å². The number of benzene rings is 2. The van der Waals surface area contributed by atoms with Crippen molar-refractivity contribution in [3.63, 3.8) is 0 Å². The molecular weight excluding hydrogens is 474 g/mol.